The molecule has 1 N–H and O–H groups in total. The second kappa shape index (κ2) is 7.85. The fourth-order valence-corrected chi connectivity index (χ4v) is 4.27. The molecule has 1 saturated heterocycles. The highest BCUT2D eigenvalue weighted by atomic mass is 16.5. The van der Waals surface area contributed by atoms with Crippen molar-refractivity contribution in [3.8, 4) is 0 Å². The van der Waals surface area contributed by atoms with Gasteiger partial charge < -0.3 is 14.7 Å². The molecule has 2 aromatic rings. The molecule has 7 heteroatoms. The van der Waals surface area contributed by atoms with Crippen LogP contribution in [0.2, 0.25) is 0 Å². The van der Waals surface area contributed by atoms with Crippen LogP contribution in [0, 0.1) is 0 Å². The number of likely N-dealkylation sites (N-methyl/N-ethyl adjacent to an activating group) is 1. The van der Waals surface area contributed by atoms with E-state index in [1.807, 2.05) is 29.2 Å². The Morgan fingerprint density at radius 2 is 2.14 bits per heavy atom. The zero-order chi connectivity index (χ0) is 19.7. The van der Waals surface area contributed by atoms with Crippen molar-refractivity contribution in [3.05, 3.63) is 41.1 Å². The normalized spacial score (nSPS) is 19.2. The van der Waals surface area contributed by atoms with Gasteiger partial charge in [0.15, 0.2) is 0 Å². The molecule has 0 radical (unpaired) electrons. The summed E-state index contributed by atoms with van der Waals surface area (Å²) in [6.45, 7) is 1.90. The van der Waals surface area contributed by atoms with Crippen LogP contribution in [0.3, 0.4) is 0 Å². The van der Waals surface area contributed by atoms with Gasteiger partial charge in [-0.3, -0.25) is 19.5 Å². The Morgan fingerprint density at radius 1 is 1.32 bits per heavy atom. The van der Waals surface area contributed by atoms with E-state index in [9.17, 15) is 9.59 Å². The topological polar surface area (TPSA) is 83.0 Å². The average Bonchev–Trinajstić information content (AvgIpc) is 3.13. The molecular formula is C21H25N3O4. The minimum Gasteiger partial charge on any atom is -0.480 e. The summed E-state index contributed by atoms with van der Waals surface area (Å²) in [5.74, 6) is -0.837. The van der Waals surface area contributed by atoms with Gasteiger partial charge in [0.1, 0.15) is 0 Å². The number of para-hydroxylation sites is 1. The molecule has 148 valence electrons. The number of nitrogens with zero attached hydrogens (tertiary/aromatic N) is 3. The van der Waals surface area contributed by atoms with Crippen LogP contribution in [0.4, 0.5) is 0 Å². The van der Waals surface area contributed by atoms with Gasteiger partial charge in [0.25, 0.3) is 5.91 Å². The van der Waals surface area contributed by atoms with E-state index in [1.54, 1.807) is 11.9 Å². The fourth-order valence-electron chi connectivity index (χ4n) is 4.27. The van der Waals surface area contributed by atoms with Crippen molar-refractivity contribution in [3.63, 3.8) is 0 Å². The number of morpholine rings is 1. The maximum absolute atomic E-state index is 13.5. The Kier molecular flexibility index (Phi) is 5.28. The number of pyridine rings is 1. The monoisotopic (exact) mass is 383 g/mol. The summed E-state index contributed by atoms with van der Waals surface area (Å²) in [4.78, 5) is 32.7. The summed E-state index contributed by atoms with van der Waals surface area (Å²) < 4.78 is 5.79. The van der Waals surface area contributed by atoms with E-state index < -0.39 is 5.97 Å². The smallest absolute Gasteiger partial charge is 0.317 e. The number of rotatable bonds is 5. The average molecular weight is 383 g/mol. The zero-order valence-electron chi connectivity index (χ0n) is 16.1. The van der Waals surface area contributed by atoms with Crippen LogP contribution in [-0.4, -0.2) is 77.7 Å². The molecule has 1 amide bonds. The molecule has 1 aromatic heterocycles. The number of ether oxygens (including phenoxy) is 1. The third kappa shape index (κ3) is 3.72. The molecule has 0 spiro atoms. The van der Waals surface area contributed by atoms with Crippen LogP contribution in [-0.2, 0) is 22.4 Å². The first-order valence-corrected chi connectivity index (χ1v) is 9.74. The van der Waals surface area contributed by atoms with Crippen molar-refractivity contribution in [1.82, 2.24) is 14.8 Å². The molecule has 1 unspecified atom stereocenters. The number of hydrogen-bond donors (Lipinski definition) is 1. The Balaban J connectivity index is 1.59. The van der Waals surface area contributed by atoms with Crippen LogP contribution in [0.1, 0.15) is 28.0 Å². The van der Waals surface area contributed by atoms with Crippen molar-refractivity contribution in [2.75, 3.05) is 39.8 Å². The molecule has 1 aliphatic heterocycles. The molecule has 7 nitrogen and oxygen atoms in total. The Labute approximate surface area is 163 Å². The van der Waals surface area contributed by atoms with Crippen molar-refractivity contribution in [2.24, 2.45) is 0 Å². The van der Waals surface area contributed by atoms with Crippen LogP contribution < -0.4 is 0 Å². The molecule has 2 heterocycles. The van der Waals surface area contributed by atoms with Gasteiger partial charge in [0, 0.05) is 30.7 Å². The lowest BCUT2D eigenvalue weighted by Gasteiger charge is -2.35. The molecule has 1 aliphatic carbocycles. The lowest BCUT2D eigenvalue weighted by Crippen LogP contribution is -2.49. The third-order valence-corrected chi connectivity index (χ3v) is 5.48. The number of aliphatic carboxylic acids is 1. The number of carbonyl (C=O) groups excluding carboxylic acids is 1. The highest BCUT2D eigenvalue weighted by Crippen LogP contribution is 2.31. The second-order valence-corrected chi connectivity index (χ2v) is 7.62. The maximum atomic E-state index is 13.5. The molecule has 1 aromatic carbocycles. The summed E-state index contributed by atoms with van der Waals surface area (Å²) in [6.07, 6.45) is 2.66. The SMILES string of the molecule is CN(CC(=O)O)CC1CN(C(=O)c2c3c(nc4ccccc24)CCC3)CCO1. The van der Waals surface area contributed by atoms with Crippen LogP contribution in [0.15, 0.2) is 24.3 Å². The molecule has 0 saturated carbocycles. The lowest BCUT2D eigenvalue weighted by molar-refractivity contribution is -0.138. The van der Waals surface area contributed by atoms with Gasteiger partial charge in [-0.15, -0.1) is 0 Å². The van der Waals surface area contributed by atoms with Crippen molar-refractivity contribution >= 4 is 22.8 Å². The number of carbonyl (C=O) groups is 2. The molecule has 4 rings (SSSR count). The van der Waals surface area contributed by atoms with Gasteiger partial charge in [-0.2, -0.15) is 0 Å². The Morgan fingerprint density at radius 3 is 2.96 bits per heavy atom. The third-order valence-electron chi connectivity index (χ3n) is 5.48. The quantitative estimate of drug-likeness (QED) is 0.844. The van der Waals surface area contributed by atoms with Gasteiger partial charge in [0.2, 0.25) is 0 Å². The number of fused-ring (bicyclic) bond motifs is 2. The van der Waals surface area contributed by atoms with E-state index in [-0.39, 0.29) is 18.6 Å². The molecule has 1 fully saturated rings. The number of benzene rings is 1. The van der Waals surface area contributed by atoms with E-state index in [0.29, 0.717) is 26.2 Å². The number of carboxylic acid groups (broad SMARTS) is 1. The standard InChI is InChI=1S/C21H25N3O4/c1-23(13-19(25)26)11-14-12-24(9-10-28-14)21(27)20-15-5-2-3-7-17(15)22-18-8-4-6-16(18)20/h2-3,5,7,14H,4,6,8-13H2,1H3,(H,25,26). The molecule has 0 bridgehead atoms. The summed E-state index contributed by atoms with van der Waals surface area (Å²) in [6, 6.07) is 7.85. The largest absolute Gasteiger partial charge is 0.480 e. The first-order chi connectivity index (χ1) is 13.5. The van der Waals surface area contributed by atoms with Gasteiger partial charge in [-0.1, -0.05) is 18.2 Å². The summed E-state index contributed by atoms with van der Waals surface area (Å²) in [7, 11) is 1.75. The fraction of sp³-hybridized carbons (Fsp3) is 0.476. The zero-order valence-corrected chi connectivity index (χ0v) is 16.1. The Hall–Kier alpha value is -2.51. The highest BCUT2D eigenvalue weighted by Gasteiger charge is 2.30. The van der Waals surface area contributed by atoms with E-state index in [0.717, 1.165) is 47.0 Å². The predicted molar refractivity (Wildman–Crippen MR) is 105 cm³/mol. The van der Waals surface area contributed by atoms with Crippen LogP contribution in [0.25, 0.3) is 10.9 Å². The van der Waals surface area contributed by atoms with Crippen LogP contribution >= 0.6 is 0 Å². The first-order valence-electron chi connectivity index (χ1n) is 9.74. The van der Waals surface area contributed by atoms with E-state index in [2.05, 4.69) is 0 Å². The van der Waals surface area contributed by atoms with Gasteiger partial charge in [0.05, 0.1) is 30.3 Å². The van der Waals surface area contributed by atoms with Gasteiger partial charge >= 0.3 is 5.97 Å². The van der Waals surface area contributed by atoms with Crippen molar-refractivity contribution < 1.29 is 19.4 Å². The molecule has 1 atom stereocenters. The first kappa shape index (κ1) is 18.8. The number of hydrogen-bond acceptors (Lipinski definition) is 5. The van der Waals surface area contributed by atoms with Crippen molar-refractivity contribution in [1.29, 1.82) is 0 Å². The van der Waals surface area contributed by atoms with Gasteiger partial charge in [-0.25, -0.2) is 0 Å². The number of aryl methyl sites for hydroxylation is 1. The molecular weight excluding hydrogens is 358 g/mol. The van der Waals surface area contributed by atoms with E-state index in [4.69, 9.17) is 14.8 Å². The van der Waals surface area contributed by atoms with E-state index >= 15 is 0 Å². The number of carboxylic acids is 1. The van der Waals surface area contributed by atoms with Crippen LogP contribution in [0.5, 0.6) is 0 Å². The number of aromatic nitrogens is 1. The Bertz CT molecular complexity index is 914. The summed E-state index contributed by atoms with van der Waals surface area (Å²) in [5, 5.41) is 9.86. The maximum Gasteiger partial charge on any atom is 0.317 e. The minimum absolute atomic E-state index is 0.0333. The summed E-state index contributed by atoms with van der Waals surface area (Å²) in [5.41, 5.74) is 3.80. The number of amides is 1. The van der Waals surface area contributed by atoms with Gasteiger partial charge in [-0.05, 0) is 37.9 Å². The summed E-state index contributed by atoms with van der Waals surface area (Å²) >= 11 is 0. The minimum atomic E-state index is -0.870. The second-order valence-electron chi connectivity index (χ2n) is 7.62. The lowest BCUT2D eigenvalue weighted by atomic mass is 9.99. The van der Waals surface area contributed by atoms with E-state index in [1.165, 1.54) is 0 Å². The highest BCUT2D eigenvalue weighted by molar-refractivity contribution is 6.07. The predicted octanol–water partition coefficient (Wildman–Crippen LogP) is 1.58. The van der Waals surface area contributed by atoms with Crippen molar-refractivity contribution in [2.45, 2.75) is 25.4 Å². The molecule has 2 aliphatic rings. The molecule has 28 heavy (non-hydrogen) atoms.